The maximum absolute atomic E-state index is 13.6. The molecule has 3 aromatic carbocycles. The van der Waals surface area contributed by atoms with Crippen LogP contribution >= 0.6 is 0 Å². The largest absolute Gasteiger partial charge is 0.478 e. The van der Waals surface area contributed by atoms with Crippen LogP contribution in [0.15, 0.2) is 59.1 Å². The van der Waals surface area contributed by atoms with Gasteiger partial charge in [0.25, 0.3) is 0 Å². The van der Waals surface area contributed by atoms with Gasteiger partial charge < -0.3 is 19.8 Å². The molecule has 6 rings (SSSR count). The lowest BCUT2D eigenvalue weighted by Gasteiger charge is -2.23. The van der Waals surface area contributed by atoms with E-state index in [9.17, 15) is 14.7 Å². The number of nitrogens with one attached hydrogen (secondary N) is 1. The molecule has 0 saturated carbocycles. The van der Waals surface area contributed by atoms with Crippen molar-refractivity contribution < 1.29 is 19.2 Å². The highest BCUT2D eigenvalue weighted by atomic mass is 16.5. The first-order valence-electron chi connectivity index (χ1n) is 10.6. The molecule has 2 N–H and O–H groups in total. The number of hydrogen-bond donors (Lipinski definition) is 2. The first-order chi connectivity index (χ1) is 15.6. The Balaban J connectivity index is 1.64. The third-order valence-corrected chi connectivity index (χ3v) is 6.25. The molecule has 1 aliphatic carbocycles. The molecule has 4 aromatic rings. The fraction of sp³-hybridized carbons (Fsp3) is 0.160. The fourth-order valence-corrected chi connectivity index (χ4v) is 4.76. The molecule has 7 heteroatoms. The topological polar surface area (TPSA) is 95.7 Å². The summed E-state index contributed by atoms with van der Waals surface area (Å²) in [7, 11) is 0. The zero-order valence-electron chi connectivity index (χ0n) is 17.1. The Hall–Kier alpha value is -4.13. The highest BCUT2D eigenvalue weighted by molar-refractivity contribution is 6.29. The fourth-order valence-electron chi connectivity index (χ4n) is 4.76. The lowest BCUT2D eigenvalue weighted by Crippen LogP contribution is -2.20. The SMILES string of the molecule is O=C(O)c1ccccc1Nc1cc(N2CCCC2)c2noc3c2c1C(=O)c1ccccc1-3. The molecule has 0 unspecified atom stereocenters. The minimum Gasteiger partial charge on any atom is -0.478 e. The van der Waals surface area contributed by atoms with Crippen LogP contribution in [0, 0.1) is 0 Å². The standard InChI is InChI=1S/C25H19N3O4/c29-23-14-7-1-2-8-15(14)24-21-20(23)18(26-17-10-4-3-9-16(17)25(30)31)13-19(22(21)27-32-24)28-11-5-6-12-28/h1-4,7-10,13,26H,5-6,11-12H2,(H,30,31). The average molecular weight is 425 g/mol. The smallest absolute Gasteiger partial charge is 0.337 e. The summed E-state index contributed by atoms with van der Waals surface area (Å²) in [6.07, 6.45) is 2.17. The maximum Gasteiger partial charge on any atom is 0.337 e. The van der Waals surface area contributed by atoms with E-state index in [4.69, 9.17) is 4.52 Å². The molecule has 158 valence electrons. The summed E-state index contributed by atoms with van der Waals surface area (Å²) in [6, 6.07) is 15.9. The molecule has 0 spiro atoms. The van der Waals surface area contributed by atoms with Gasteiger partial charge in [-0.1, -0.05) is 41.6 Å². The van der Waals surface area contributed by atoms with Gasteiger partial charge in [-0.15, -0.1) is 0 Å². The second kappa shape index (κ2) is 6.95. The molecule has 2 aliphatic rings. The summed E-state index contributed by atoms with van der Waals surface area (Å²) in [5.41, 5.74) is 4.39. The van der Waals surface area contributed by atoms with Gasteiger partial charge in [-0.2, -0.15) is 0 Å². The number of rotatable bonds is 4. The minimum atomic E-state index is -1.04. The number of aromatic carboxylic acids is 1. The number of benzene rings is 3. The first-order valence-corrected chi connectivity index (χ1v) is 10.6. The Morgan fingerprint density at radius 3 is 2.50 bits per heavy atom. The number of aromatic nitrogens is 1. The van der Waals surface area contributed by atoms with Crippen LogP contribution in [0.4, 0.5) is 17.1 Å². The molecule has 0 atom stereocenters. The van der Waals surface area contributed by atoms with Crippen LogP contribution in [0.3, 0.4) is 0 Å². The summed E-state index contributed by atoms with van der Waals surface area (Å²) in [4.78, 5) is 27.6. The van der Waals surface area contributed by atoms with Gasteiger partial charge >= 0.3 is 5.97 Å². The van der Waals surface area contributed by atoms with Crippen LogP contribution in [0.25, 0.3) is 22.2 Å². The lowest BCUT2D eigenvalue weighted by molar-refractivity contribution is 0.0698. The molecular formula is C25H19N3O4. The summed E-state index contributed by atoms with van der Waals surface area (Å²) < 4.78 is 5.79. The van der Waals surface area contributed by atoms with Crippen molar-refractivity contribution in [2.24, 2.45) is 0 Å². The van der Waals surface area contributed by atoms with Crippen molar-refractivity contribution in [3.8, 4) is 11.3 Å². The molecule has 0 bridgehead atoms. The van der Waals surface area contributed by atoms with Crippen LogP contribution < -0.4 is 10.2 Å². The van der Waals surface area contributed by atoms with Gasteiger partial charge in [0.05, 0.1) is 33.6 Å². The number of carbonyl (C=O) groups excluding carboxylic acids is 1. The molecule has 0 amide bonds. The molecule has 1 fully saturated rings. The number of carbonyl (C=O) groups is 2. The van der Waals surface area contributed by atoms with Crippen molar-refractivity contribution >= 4 is 39.7 Å². The third kappa shape index (κ3) is 2.64. The first kappa shape index (κ1) is 18.6. The van der Waals surface area contributed by atoms with Gasteiger partial charge in [-0.3, -0.25) is 4.79 Å². The van der Waals surface area contributed by atoms with Crippen molar-refractivity contribution in [3.63, 3.8) is 0 Å². The van der Waals surface area contributed by atoms with Gasteiger partial charge in [-0.25, -0.2) is 4.79 Å². The number of hydrogen-bond acceptors (Lipinski definition) is 6. The minimum absolute atomic E-state index is 0.135. The van der Waals surface area contributed by atoms with E-state index in [1.807, 2.05) is 24.3 Å². The highest BCUT2D eigenvalue weighted by Crippen LogP contribution is 2.46. The molecule has 32 heavy (non-hydrogen) atoms. The van der Waals surface area contributed by atoms with E-state index in [0.717, 1.165) is 37.2 Å². The van der Waals surface area contributed by atoms with Gasteiger partial charge in [-0.05, 0) is 31.0 Å². The maximum atomic E-state index is 13.6. The van der Waals surface area contributed by atoms with Crippen molar-refractivity contribution in [1.82, 2.24) is 5.16 Å². The monoisotopic (exact) mass is 425 g/mol. The molecule has 1 aromatic heterocycles. The van der Waals surface area contributed by atoms with Gasteiger partial charge in [0.1, 0.15) is 5.52 Å². The van der Waals surface area contributed by atoms with E-state index in [1.54, 1.807) is 24.3 Å². The predicted molar refractivity (Wildman–Crippen MR) is 121 cm³/mol. The molecular weight excluding hydrogens is 406 g/mol. The van der Waals surface area contributed by atoms with Crippen molar-refractivity contribution in [2.45, 2.75) is 12.8 Å². The number of fused-ring (bicyclic) bond motifs is 2. The molecule has 2 heterocycles. The Bertz CT molecular complexity index is 1420. The van der Waals surface area contributed by atoms with Crippen molar-refractivity contribution in [1.29, 1.82) is 0 Å². The van der Waals surface area contributed by atoms with E-state index in [-0.39, 0.29) is 11.3 Å². The van der Waals surface area contributed by atoms with Gasteiger partial charge in [0.2, 0.25) is 0 Å². The van der Waals surface area contributed by atoms with Crippen LogP contribution in [0.1, 0.15) is 39.1 Å². The number of ketones is 1. The summed E-state index contributed by atoms with van der Waals surface area (Å²) in [5, 5.41) is 17.9. The van der Waals surface area contributed by atoms with Crippen molar-refractivity contribution in [2.75, 3.05) is 23.3 Å². The number of anilines is 3. The second-order valence-electron chi connectivity index (χ2n) is 8.10. The Kier molecular flexibility index (Phi) is 4.04. The van der Waals surface area contributed by atoms with Crippen LogP contribution in [0.2, 0.25) is 0 Å². The summed E-state index contributed by atoms with van der Waals surface area (Å²) in [6.45, 7) is 1.79. The number of nitrogens with zero attached hydrogens (tertiary/aromatic N) is 2. The second-order valence-corrected chi connectivity index (χ2v) is 8.10. The Morgan fingerprint density at radius 1 is 1.00 bits per heavy atom. The van der Waals surface area contributed by atoms with E-state index >= 15 is 0 Å². The Labute approximate surface area is 183 Å². The van der Waals surface area contributed by atoms with E-state index in [0.29, 0.717) is 39.2 Å². The van der Waals surface area contributed by atoms with Crippen LogP contribution in [-0.4, -0.2) is 35.1 Å². The number of carboxylic acid groups (broad SMARTS) is 1. The predicted octanol–water partition coefficient (Wildman–Crippen LogP) is 5.08. The van der Waals surface area contributed by atoms with Gasteiger partial charge in [0, 0.05) is 24.2 Å². The lowest BCUT2D eigenvalue weighted by atomic mass is 9.86. The zero-order valence-corrected chi connectivity index (χ0v) is 17.1. The molecule has 0 radical (unpaired) electrons. The zero-order chi connectivity index (χ0) is 21.8. The Morgan fingerprint density at radius 2 is 1.72 bits per heavy atom. The molecule has 1 aliphatic heterocycles. The van der Waals surface area contributed by atoms with E-state index < -0.39 is 5.97 Å². The molecule has 1 saturated heterocycles. The third-order valence-electron chi connectivity index (χ3n) is 6.25. The van der Waals surface area contributed by atoms with E-state index in [2.05, 4.69) is 15.4 Å². The highest BCUT2D eigenvalue weighted by Gasteiger charge is 2.34. The summed E-state index contributed by atoms with van der Waals surface area (Å²) in [5.74, 6) is -0.602. The van der Waals surface area contributed by atoms with Crippen LogP contribution in [-0.2, 0) is 0 Å². The summed E-state index contributed by atoms with van der Waals surface area (Å²) >= 11 is 0. The van der Waals surface area contributed by atoms with Gasteiger partial charge in [0.15, 0.2) is 11.5 Å². The van der Waals surface area contributed by atoms with E-state index in [1.165, 1.54) is 6.07 Å². The number of para-hydroxylation sites is 1. The normalized spacial score (nSPS) is 14.6. The van der Waals surface area contributed by atoms with Crippen molar-refractivity contribution in [3.05, 3.63) is 71.3 Å². The average Bonchev–Trinajstić information content (AvgIpc) is 3.49. The quantitative estimate of drug-likeness (QED) is 0.414. The number of carboxylic acids is 1. The molecule has 7 nitrogen and oxygen atoms in total. The van der Waals surface area contributed by atoms with Crippen LogP contribution in [0.5, 0.6) is 0 Å².